The van der Waals surface area contributed by atoms with Gasteiger partial charge in [0.1, 0.15) is 0 Å². The van der Waals surface area contributed by atoms with Crippen LogP contribution in [0.25, 0.3) is 0 Å². The number of aryl methyl sites for hydroxylation is 1. The second-order valence-electron chi connectivity index (χ2n) is 3.69. The van der Waals surface area contributed by atoms with Gasteiger partial charge in [-0.25, -0.2) is 14.0 Å². The van der Waals surface area contributed by atoms with Gasteiger partial charge < -0.3 is 4.74 Å². The SMILES string of the molecule is Cn1nc(OCC(F)(F)F)n(C2CC2)c1=O. The maximum Gasteiger partial charge on any atom is 0.422 e. The summed E-state index contributed by atoms with van der Waals surface area (Å²) in [4.78, 5) is 11.5. The van der Waals surface area contributed by atoms with Gasteiger partial charge in [0.15, 0.2) is 6.61 Å². The topological polar surface area (TPSA) is 49.0 Å². The van der Waals surface area contributed by atoms with E-state index in [4.69, 9.17) is 0 Å². The van der Waals surface area contributed by atoms with Gasteiger partial charge in [0.25, 0.3) is 0 Å². The molecule has 0 aromatic carbocycles. The number of ether oxygens (including phenoxy) is 1. The molecule has 2 rings (SSSR count). The fourth-order valence-corrected chi connectivity index (χ4v) is 1.35. The van der Waals surface area contributed by atoms with Crippen LogP contribution in [-0.4, -0.2) is 27.1 Å². The van der Waals surface area contributed by atoms with E-state index in [0.717, 1.165) is 17.5 Å². The van der Waals surface area contributed by atoms with E-state index in [-0.39, 0.29) is 12.1 Å². The monoisotopic (exact) mass is 237 g/mol. The van der Waals surface area contributed by atoms with Crippen LogP contribution in [-0.2, 0) is 7.05 Å². The van der Waals surface area contributed by atoms with E-state index >= 15 is 0 Å². The van der Waals surface area contributed by atoms with Gasteiger partial charge in [-0.1, -0.05) is 0 Å². The highest BCUT2D eigenvalue weighted by Gasteiger charge is 2.33. The third kappa shape index (κ3) is 2.20. The Morgan fingerprint density at radius 3 is 2.62 bits per heavy atom. The summed E-state index contributed by atoms with van der Waals surface area (Å²) >= 11 is 0. The van der Waals surface area contributed by atoms with Crippen molar-refractivity contribution in [3.63, 3.8) is 0 Å². The molecular weight excluding hydrogens is 227 g/mol. The molecule has 16 heavy (non-hydrogen) atoms. The Morgan fingerprint density at radius 2 is 2.12 bits per heavy atom. The predicted molar refractivity (Wildman–Crippen MR) is 47.3 cm³/mol. The van der Waals surface area contributed by atoms with E-state index in [2.05, 4.69) is 9.84 Å². The van der Waals surface area contributed by atoms with Crippen molar-refractivity contribution in [3.8, 4) is 6.01 Å². The van der Waals surface area contributed by atoms with Crippen LogP contribution in [0.5, 0.6) is 6.01 Å². The van der Waals surface area contributed by atoms with Gasteiger partial charge in [-0.3, -0.25) is 0 Å². The molecule has 5 nitrogen and oxygen atoms in total. The summed E-state index contributed by atoms with van der Waals surface area (Å²) in [5, 5.41) is 3.62. The fraction of sp³-hybridized carbons (Fsp3) is 0.750. The lowest BCUT2D eigenvalue weighted by Crippen LogP contribution is -2.24. The molecule has 1 saturated carbocycles. The highest BCUT2D eigenvalue weighted by molar-refractivity contribution is 5.01. The first-order valence-electron chi connectivity index (χ1n) is 4.73. The molecule has 1 fully saturated rings. The number of hydrogen-bond acceptors (Lipinski definition) is 3. The highest BCUT2D eigenvalue weighted by Crippen LogP contribution is 2.36. The molecule has 0 aliphatic heterocycles. The van der Waals surface area contributed by atoms with Crippen LogP contribution in [0, 0.1) is 0 Å². The number of aromatic nitrogens is 3. The van der Waals surface area contributed by atoms with Crippen molar-refractivity contribution >= 4 is 0 Å². The molecule has 90 valence electrons. The molecule has 1 aromatic heterocycles. The molecule has 0 atom stereocenters. The molecule has 0 spiro atoms. The van der Waals surface area contributed by atoms with E-state index in [0.29, 0.717) is 0 Å². The minimum atomic E-state index is -4.43. The number of hydrogen-bond donors (Lipinski definition) is 0. The number of alkyl halides is 3. The molecule has 0 saturated heterocycles. The normalized spacial score (nSPS) is 16.5. The van der Waals surface area contributed by atoms with E-state index < -0.39 is 18.5 Å². The zero-order valence-electron chi connectivity index (χ0n) is 8.49. The molecule has 0 unspecified atom stereocenters. The van der Waals surface area contributed by atoms with Crippen molar-refractivity contribution < 1.29 is 17.9 Å². The van der Waals surface area contributed by atoms with Gasteiger partial charge >= 0.3 is 17.9 Å². The minimum absolute atomic E-state index is 0.0653. The van der Waals surface area contributed by atoms with Gasteiger partial charge in [0, 0.05) is 13.1 Å². The molecule has 8 heteroatoms. The van der Waals surface area contributed by atoms with E-state index in [1.165, 1.54) is 11.6 Å². The second kappa shape index (κ2) is 3.53. The maximum atomic E-state index is 12.0. The van der Waals surface area contributed by atoms with Crippen LogP contribution < -0.4 is 10.4 Å². The quantitative estimate of drug-likeness (QED) is 0.783. The van der Waals surface area contributed by atoms with Crippen LogP contribution in [0.1, 0.15) is 18.9 Å². The zero-order valence-corrected chi connectivity index (χ0v) is 8.49. The Labute approximate surface area is 88.4 Å². The van der Waals surface area contributed by atoms with Gasteiger partial charge in [0.2, 0.25) is 0 Å². The van der Waals surface area contributed by atoms with Gasteiger partial charge in [-0.2, -0.15) is 13.2 Å². The molecule has 1 aromatic rings. The summed E-state index contributed by atoms with van der Waals surface area (Å²) in [5.41, 5.74) is -0.445. The first-order chi connectivity index (χ1) is 7.38. The Kier molecular flexibility index (Phi) is 2.43. The number of rotatable bonds is 3. The second-order valence-corrected chi connectivity index (χ2v) is 3.69. The van der Waals surface area contributed by atoms with Gasteiger partial charge in [0.05, 0.1) is 0 Å². The molecule has 0 bridgehead atoms. The number of halogens is 3. The van der Waals surface area contributed by atoms with E-state index in [1.807, 2.05) is 0 Å². The Bertz CT molecular complexity index is 444. The summed E-state index contributed by atoms with van der Waals surface area (Å²) in [7, 11) is 1.38. The van der Waals surface area contributed by atoms with E-state index in [9.17, 15) is 18.0 Å². The molecule has 0 amide bonds. The molecule has 1 aliphatic carbocycles. The van der Waals surface area contributed by atoms with Crippen molar-refractivity contribution in [3.05, 3.63) is 10.5 Å². The minimum Gasteiger partial charge on any atom is -0.454 e. The Morgan fingerprint density at radius 1 is 1.50 bits per heavy atom. The largest absolute Gasteiger partial charge is 0.454 e. The van der Waals surface area contributed by atoms with Crippen molar-refractivity contribution in [1.29, 1.82) is 0 Å². The smallest absolute Gasteiger partial charge is 0.422 e. The summed E-state index contributed by atoms with van der Waals surface area (Å²) in [6, 6.07) is -0.322. The molecular formula is C8H10F3N3O2. The summed E-state index contributed by atoms with van der Waals surface area (Å²) in [6.07, 6.45) is -2.89. The molecule has 0 radical (unpaired) electrons. The lowest BCUT2D eigenvalue weighted by atomic mass is 10.6. The van der Waals surface area contributed by atoms with Crippen LogP contribution in [0.2, 0.25) is 0 Å². The Hall–Kier alpha value is -1.47. The van der Waals surface area contributed by atoms with Crippen molar-refractivity contribution in [2.75, 3.05) is 6.61 Å². The highest BCUT2D eigenvalue weighted by atomic mass is 19.4. The standard InChI is InChI=1S/C8H10F3N3O2/c1-13-7(15)14(5-2-3-5)6(12-13)16-4-8(9,10)11/h5H,2-4H2,1H3. The zero-order chi connectivity index (χ0) is 11.9. The average Bonchev–Trinajstić information content (AvgIpc) is 2.92. The first kappa shape index (κ1) is 11.0. The van der Waals surface area contributed by atoms with Crippen LogP contribution >= 0.6 is 0 Å². The maximum absolute atomic E-state index is 12.0. The van der Waals surface area contributed by atoms with Crippen LogP contribution in [0.15, 0.2) is 4.79 Å². The Balaban J connectivity index is 2.20. The van der Waals surface area contributed by atoms with Gasteiger partial charge in [-0.15, -0.1) is 5.10 Å². The summed E-state index contributed by atoms with van der Waals surface area (Å²) in [5.74, 6) is 0. The molecule has 1 aliphatic rings. The van der Waals surface area contributed by atoms with Gasteiger partial charge in [-0.05, 0) is 12.8 Å². The third-order valence-electron chi connectivity index (χ3n) is 2.20. The lowest BCUT2D eigenvalue weighted by Gasteiger charge is -2.08. The fourth-order valence-electron chi connectivity index (χ4n) is 1.35. The third-order valence-corrected chi connectivity index (χ3v) is 2.20. The molecule has 1 heterocycles. The van der Waals surface area contributed by atoms with Crippen molar-refractivity contribution in [2.24, 2.45) is 7.05 Å². The lowest BCUT2D eigenvalue weighted by molar-refractivity contribution is -0.155. The average molecular weight is 237 g/mol. The number of nitrogens with zero attached hydrogens (tertiary/aromatic N) is 3. The van der Waals surface area contributed by atoms with Crippen molar-refractivity contribution in [2.45, 2.75) is 25.1 Å². The van der Waals surface area contributed by atoms with Crippen LogP contribution in [0.3, 0.4) is 0 Å². The summed E-state index contributed by atoms with van der Waals surface area (Å²) < 4.78 is 42.5. The van der Waals surface area contributed by atoms with Crippen LogP contribution in [0.4, 0.5) is 13.2 Å². The summed E-state index contributed by atoms with van der Waals surface area (Å²) in [6.45, 7) is -1.43. The van der Waals surface area contributed by atoms with Crippen molar-refractivity contribution in [1.82, 2.24) is 14.3 Å². The molecule has 0 N–H and O–H groups in total. The first-order valence-corrected chi connectivity index (χ1v) is 4.73. The van der Waals surface area contributed by atoms with E-state index in [1.54, 1.807) is 0 Å². The predicted octanol–water partition coefficient (Wildman–Crippen LogP) is 0.858.